The first-order valence-corrected chi connectivity index (χ1v) is 13.0. The molecule has 0 heterocycles. The fraction of sp³-hybridized carbons (Fsp3) is 0.355. The zero-order valence-corrected chi connectivity index (χ0v) is 20.8. The van der Waals surface area contributed by atoms with Gasteiger partial charge in [-0.25, -0.2) is 0 Å². The number of carboxylic acid groups (broad SMARTS) is 1. The maximum atomic E-state index is 13.7. The number of hydrogen-bond donors (Lipinski definition) is 1. The second-order valence-electron chi connectivity index (χ2n) is 9.48. The molecular formula is C31H35NO4. The van der Waals surface area contributed by atoms with Crippen LogP contribution in [-0.2, 0) is 11.3 Å². The summed E-state index contributed by atoms with van der Waals surface area (Å²) in [5.41, 5.74) is 3.95. The number of carboxylic acids is 1. The number of ether oxygens (including phenoxy) is 1. The van der Waals surface area contributed by atoms with Crippen LogP contribution in [-0.4, -0.2) is 34.5 Å². The average Bonchev–Trinajstić information content (AvgIpc) is 3.45. The molecule has 0 unspecified atom stereocenters. The third-order valence-electron chi connectivity index (χ3n) is 6.87. The van der Waals surface area contributed by atoms with E-state index in [2.05, 4.69) is 12.1 Å². The van der Waals surface area contributed by atoms with E-state index in [0.717, 1.165) is 61.0 Å². The van der Waals surface area contributed by atoms with Gasteiger partial charge >= 0.3 is 5.97 Å². The van der Waals surface area contributed by atoms with E-state index in [4.69, 9.17) is 9.84 Å². The zero-order valence-electron chi connectivity index (χ0n) is 20.8. The van der Waals surface area contributed by atoms with E-state index in [0.29, 0.717) is 25.1 Å². The van der Waals surface area contributed by atoms with E-state index in [1.807, 2.05) is 71.6 Å². The molecule has 1 aliphatic rings. The molecular weight excluding hydrogens is 450 g/mol. The first-order chi connectivity index (χ1) is 17.6. The van der Waals surface area contributed by atoms with Crippen molar-refractivity contribution in [3.63, 3.8) is 0 Å². The number of carbonyl (C=O) groups is 2. The Bertz CT molecular complexity index is 1120. The van der Waals surface area contributed by atoms with Crippen molar-refractivity contribution in [3.05, 3.63) is 90.0 Å². The van der Waals surface area contributed by atoms with E-state index in [1.165, 1.54) is 0 Å². The number of carbonyl (C=O) groups excluding carboxylic acids is 1. The Hall–Kier alpha value is -3.60. The maximum absolute atomic E-state index is 13.7. The Morgan fingerprint density at radius 2 is 1.47 bits per heavy atom. The van der Waals surface area contributed by atoms with Crippen molar-refractivity contribution in [2.75, 3.05) is 6.61 Å². The number of unbranched alkanes of at least 4 members (excludes halogenated alkanes) is 2. The lowest BCUT2D eigenvalue weighted by molar-refractivity contribution is -0.137. The molecule has 5 nitrogen and oxygen atoms in total. The summed E-state index contributed by atoms with van der Waals surface area (Å²) in [6, 6.07) is 26.3. The SMILES string of the molecule is O=C(O)CCCCCOc1ccccc1CN(C(=O)c1ccc(-c2ccccc2)cc1)C1CCCC1. The van der Waals surface area contributed by atoms with E-state index < -0.39 is 5.97 Å². The second-order valence-corrected chi connectivity index (χ2v) is 9.48. The van der Waals surface area contributed by atoms with Crippen LogP contribution in [0.15, 0.2) is 78.9 Å². The van der Waals surface area contributed by atoms with Gasteiger partial charge in [0.25, 0.3) is 5.91 Å². The Morgan fingerprint density at radius 1 is 0.806 bits per heavy atom. The van der Waals surface area contributed by atoms with Gasteiger partial charge in [0.05, 0.1) is 6.61 Å². The number of nitrogens with zero attached hydrogens (tertiary/aromatic N) is 1. The lowest BCUT2D eigenvalue weighted by Gasteiger charge is -2.30. The molecule has 188 valence electrons. The second kappa shape index (κ2) is 12.9. The van der Waals surface area contributed by atoms with Crippen LogP contribution in [0.3, 0.4) is 0 Å². The van der Waals surface area contributed by atoms with Crippen molar-refractivity contribution in [2.24, 2.45) is 0 Å². The van der Waals surface area contributed by atoms with E-state index >= 15 is 0 Å². The summed E-state index contributed by atoms with van der Waals surface area (Å²) in [6.45, 7) is 1.05. The summed E-state index contributed by atoms with van der Waals surface area (Å²) >= 11 is 0. The van der Waals surface area contributed by atoms with Crippen molar-refractivity contribution >= 4 is 11.9 Å². The summed E-state index contributed by atoms with van der Waals surface area (Å²) < 4.78 is 6.07. The van der Waals surface area contributed by atoms with Crippen molar-refractivity contribution in [2.45, 2.75) is 64.0 Å². The third kappa shape index (κ3) is 6.97. The highest BCUT2D eigenvalue weighted by atomic mass is 16.5. The molecule has 0 aliphatic heterocycles. The highest BCUT2D eigenvalue weighted by Crippen LogP contribution is 2.30. The van der Waals surface area contributed by atoms with Gasteiger partial charge in [-0.05, 0) is 61.4 Å². The largest absolute Gasteiger partial charge is 0.493 e. The minimum atomic E-state index is -0.757. The van der Waals surface area contributed by atoms with Crippen molar-refractivity contribution in [3.8, 4) is 16.9 Å². The number of para-hydroxylation sites is 1. The fourth-order valence-corrected chi connectivity index (χ4v) is 4.88. The van der Waals surface area contributed by atoms with Gasteiger partial charge in [0, 0.05) is 30.1 Å². The topological polar surface area (TPSA) is 66.8 Å². The Kier molecular flexibility index (Phi) is 9.15. The molecule has 3 aromatic rings. The summed E-state index contributed by atoms with van der Waals surface area (Å²) in [4.78, 5) is 26.4. The molecule has 0 bridgehead atoms. The van der Waals surface area contributed by atoms with Crippen LogP contribution in [0.5, 0.6) is 5.75 Å². The molecule has 0 aromatic heterocycles. The molecule has 1 amide bonds. The van der Waals surface area contributed by atoms with Crippen LogP contribution in [0.1, 0.15) is 67.3 Å². The lowest BCUT2D eigenvalue weighted by atomic mass is 10.0. The molecule has 0 atom stereocenters. The molecule has 36 heavy (non-hydrogen) atoms. The molecule has 1 N–H and O–H groups in total. The van der Waals surface area contributed by atoms with Gasteiger partial charge < -0.3 is 14.7 Å². The number of hydrogen-bond acceptors (Lipinski definition) is 3. The van der Waals surface area contributed by atoms with Gasteiger partial charge in [0.1, 0.15) is 5.75 Å². The van der Waals surface area contributed by atoms with Gasteiger partial charge in [0.2, 0.25) is 0 Å². The van der Waals surface area contributed by atoms with Crippen molar-refractivity contribution in [1.82, 2.24) is 4.90 Å². The average molecular weight is 486 g/mol. The Labute approximate surface area is 213 Å². The van der Waals surface area contributed by atoms with Crippen molar-refractivity contribution < 1.29 is 19.4 Å². The number of benzene rings is 3. The van der Waals surface area contributed by atoms with E-state index in [-0.39, 0.29) is 18.4 Å². The molecule has 4 rings (SSSR count). The first-order valence-electron chi connectivity index (χ1n) is 13.0. The molecule has 0 spiro atoms. The maximum Gasteiger partial charge on any atom is 0.303 e. The highest BCUT2D eigenvalue weighted by Gasteiger charge is 2.28. The van der Waals surface area contributed by atoms with Crippen LogP contribution in [0.25, 0.3) is 11.1 Å². The van der Waals surface area contributed by atoms with Crippen LogP contribution in [0.4, 0.5) is 0 Å². The van der Waals surface area contributed by atoms with Gasteiger partial charge in [-0.15, -0.1) is 0 Å². The predicted molar refractivity (Wildman–Crippen MR) is 142 cm³/mol. The number of amides is 1. The number of rotatable bonds is 12. The van der Waals surface area contributed by atoms with Gasteiger partial charge in [-0.3, -0.25) is 9.59 Å². The van der Waals surface area contributed by atoms with E-state index in [9.17, 15) is 9.59 Å². The van der Waals surface area contributed by atoms with Crippen LogP contribution in [0.2, 0.25) is 0 Å². The Balaban J connectivity index is 1.45. The summed E-state index contributed by atoms with van der Waals surface area (Å²) in [6.07, 6.45) is 6.84. The Morgan fingerprint density at radius 3 is 2.19 bits per heavy atom. The third-order valence-corrected chi connectivity index (χ3v) is 6.87. The van der Waals surface area contributed by atoms with Gasteiger partial charge in [-0.2, -0.15) is 0 Å². The normalized spacial score (nSPS) is 13.4. The molecule has 5 heteroatoms. The first kappa shape index (κ1) is 25.5. The standard InChI is InChI=1S/C31H35NO4/c33-30(34)17-5-2-10-22-36-29-16-9-6-13-27(29)23-32(28-14-7-8-15-28)31(35)26-20-18-25(19-21-26)24-11-3-1-4-12-24/h1,3-4,6,9,11-13,16,18-21,28H,2,5,7-8,10,14-15,17,22-23H2,(H,33,34). The minimum absolute atomic E-state index is 0.0602. The summed E-state index contributed by atoms with van der Waals surface area (Å²) in [5, 5.41) is 8.79. The van der Waals surface area contributed by atoms with Gasteiger partial charge in [0.15, 0.2) is 0 Å². The monoisotopic (exact) mass is 485 g/mol. The number of aliphatic carboxylic acids is 1. The molecule has 1 aliphatic carbocycles. The summed E-state index contributed by atoms with van der Waals surface area (Å²) in [7, 11) is 0. The fourth-order valence-electron chi connectivity index (χ4n) is 4.88. The van der Waals surface area contributed by atoms with Crippen LogP contribution < -0.4 is 4.74 Å². The zero-order chi connectivity index (χ0) is 25.2. The van der Waals surface area contributed by atoms with Gasteiger partial charge in [-0.1, -0.05) is 73.5 Å². The molecule has 0 saturated heterocycles. The molecule has 1 saturated carbocycles. The predicted octanol–water partition coefficient (Wildman–Crippen LogP) is 6.96. The quantitative estimate of drug-likeness (QED) is 0.282. The van der Waals surface area contributed by atoms with Crippen LogP contribution in [0, 0.1) is 0 Å². The molecule has 3 aromatic carbocycles. The smallest absolute Gasteiger partial charge is 0.303 e. The highest BCUT2D eigenvalue weighted by molar-refractivity contribution is 5.95. The minimum Gasteiger partial charge on any atom is -0.493 e. The lowest BCUT2D eigenvalue weighted by Crippen LogP contribution is -2.38. The summed E-state index contributed by atoms with van der Waals surface area (Å²) in [5.74, 6) is 0.101. The van der Waals surface area contributed by atoms with E-state index in [1.54, 1.807) is 0 Å². The van der Waals surface area contributed by atoms with Crippen molar-refractivity contribution in [1.29, 1.82) is 0 Å². The molecule has 0 radical (unpaired) electrons. The van der Waals surface area contributed by atoms with Crippen LogP contribution >= 0.6 is 0 Å². The molecule has 1 fully saturated rings.